The number of rotatable bonds is 4. The molecule has 1 aliphatic carbocycles. The Kier molecular flexibility index (Phi) is 4.35. The fraction of sp³-hybridized carbons (Fsp3) is 0.846. The first-order valence-corrected chi connectivity index (χ1v) is 6.55. The number of esters is 1. The summed E-state index contributed by atoms with van der Waals surface area (Å²) in [7, 11) is 1.35. The van der Waals surface area contributed by atoms with Crippen LogP contribution in [0.3, 0.4) is 0 Å². The lowest BCUT2D eigenvalue weighted by Crippen LogP contribution is -2.33. The standard InChI is InChI=1S/C13H20O5/c1-16-12(15)9-11-10(5-8-14)17-13(18-11)6-3-2-4-7-13/h8,10-11H,2-7,9H2,1H3/t10-,11+/m1/s1. The first kappa shape index (κ1) is 13.5. The van der Waals surface area contributed by atoms with Gasteiger partial charge in [0.05, 0.1) is 25.7 Å². The van der Waals surface area contributed by atoms with Crippen molar-refractivity contribution in [2.45, 2.75) is 62.9 Å². The molecule has 18 heavy (non-hydrogen) atoms. The average molecular weight is 256 g/mol. The highest BCUT2D eigenvalue weighted by atomic mass is 16.8. The van der Waals surface area contributed by atoms with Crippen molar-refractivity contribution in [3.63, 3.8) is 0 Å². The van der Waals surface area contributed by atoms with Crippen molar-refractivity contribution in [2.24, 2.45) is 0 Å². The van der Waals surface area contributed by atoms with Gasteiger partial charge in [-0.1, -0.05) is 6.42 Å². The third-order valence-corrected chi connectivity index (χ3v) is 3.69. The number of carbonyl (C=O) groups is 2. The van der Waals surface area contributed by atoms with Gasteiger partial charge in [0.1, 0.15) is 6.29 Å². The Morgan fingerprint density at radius 2 is 1.94 bits per heavy atom. The molecule has 1 aliphatic heterocycles. The van der Waals surface area contributed by atoms with Crippen LogP contribution in [0.25, 0.3) is 0 Å². The lowest BCUT2D eigenvalue weighted by molar-refractivity contribution is -0.195. The van der Waals surface area contributed by atoms with Gasteiger partial charge in [0, 0.05) is 19.3 Å². The van der Waals surface area contributed by atoms with E-state index in [9.17, 15) is 9.59 Å². The summed E-state index contributed by atoms with van der Waals surface area (Å²) in [6.07, 6.45) is 5.58. The van der Waals surface area contributed by atoms with Crippen LogP contribution in [0, 0.1) is 0 Å². The van der Waals surface area contributed by atoms with E-state index < -0.39 is 5.79 Å². The maximum atomic E-state index is 11.3. The van der Waals surface area contributed by atoms with Gasteiger partial charge in [-0.05, 0) is 12.8 Å². The van der Waals surface area contributed by atoms with E-state index in [0.29, 0.717) is 0 Å². The second kappa shape index (κ2) is 5.80. The van der Waals surface area contributed by atoms with Crippen LogP contribution in [-0.4, -0.2) is 37.4 Å². The van der Waals surface area contributed by atoms with E-state index in [2.05, 4.69) is 4.74 Å². The molecule has 2 aliphatic rings. The minimum absolute atomic E-state index is 0.150. The molecule has 2 fully saturated rings. The van der Waals surface area contributed by atoms with Gasteiger partial charge < -0.3 is 19.0 Å². The van der Waals surface area contributed by atoms with Crippen LogP contribution in [0.5, 0.6) is 0 Å². The second-order valence-corrected chi connectivity index (χ2v) is 4.97. The summed E-state index contributed by atoms with van der Waals surface area (Å²) in [6, 6.07) is 0. The molecule has 0 bridgehead atoms. The Labute approximate surface area is 107 Å². The molecular formula is C13H20O5. The first-order chi connectivity index (χ1) is 8.69. The Bertz CT molecular complexity index is 309. The van der Waals surface area contributed by atoms with Crippen molar-refractivity contribution in [3.05, 3.63) is 0 Å². The number of methoxy groups -OCH3 is 1. The molecule has 2 rings (SSSR count). The minimum atomic E-state index is -0.565. The van der Waals surface area contributed by atoms with Gasteiger partial charge in [-0.15, -0.1) is 0 Å². The Hall–Kier alpha value is -0.940. The van der Waals surface area contributed by atoms with Crippen LogP contribution in [0.15, 0.2) is 0 Å². The normalized spacial score (nSPS) is 30.3. The van der Waals surface area contributed by atoms with Crippen LogP contribution < -0.4 is 0 Å². The molecule has 5 nitrogen and oxygen atoms in total. The summed E-state index contributed by atoms with van der Waals surface area (Å²) >= 11 is 0. The molecule has 1 heterocycles. The molecular weight excluding hydrogens is 236 g/mol. The van der Waals surface area contributed by atoms with Gasteiger partial charge in [-0.3, -0.25) is 4.79 Å². The number of carbonyl (C=O) groups excluding carboxylic acids is 2. The summed E-state index contributed by atoms with van der Waals surface area (Å²) in [5.41, 5.74) is 0. The maximum absolute atomic E-state index is 11.3. The van der Waals surface area contributed by atoms with E-state index in [1.165, 1.54) is 13.5 Å². The monoisotopic (exact) mass is 256 g/mol. The van der Waals surface area contributed by atoms with Gasteiger partial charge in [0.15, 0.2) is 5.79 Å². The van der Waals surface area contributed by atoms with Gasteiger partial charge in [-0.25, -0.2) is 0 Å². The summed E-state index contributed by atoms with van der Waals surface area (Å²) in [6.45, 7) is 0. The fourth-order valence-electron chi connectivity index (χ4n) is 2.77. The van der Waals surface area contributed by atoms with Crippen LogP contribution >= 0.6 is 0 Å². The van der Waals surface area contributed by atoms with Gasteiger partial charge in [-0.2, -0.15) is 0 Å². The predicted octanol–water partition coefficient (Wildman–Crippen LogP) is 1.58. The van der Waals surface area contributed by atoms with Crippen LogP contribution in [0.2, 0.25) is 0 Å². The van der Waals surface area contributed by atoms with Crippen LogP contribution in [0.1, 0.15) is 44.9 Å². The average Bonchev–Trinajstić information content (AvgIpc) is 2.68. The van der Waals surface area contributed by atoms with E-state index in [-0.39, 0.29) is 31.0 Å². The molecule has 1 spiro atoms. The summed E-state index contributed by atoms with van der Waals surface area (Å²) in [5, 5.41) is 0. The van der Waals surface area contributed by atoms with Gasteiger partial charge in [0.2, 0.25) is 0 Å². The highest BCUT2D eigenvalue weighted by Gasteiger charge is 2.48. The molecule has 1 saturated carbocycles. The first-order valence-electron chi connectivity index (χ1n) is 6.55. The molecule has 0 aromatic heterocycles. The van der Waals surface area contributed by atoms with Crippen molar-refractivity contribution in [3.8, 4) is 0 Å². The lowest BCUT2D eigenvalue weighted by Gasteiger charge is -2.31. The molecule has 5 heteroatoms. The summed E-state index contributed by atoms with van der Waals surface area (Å²) < 4.78 is 16.5. The number of hydrogen-bond acceptors (Lipinski definition) is 5. The minimum Gasteiger partial charge on any atom is -0.469 e. The Morgan fingerprint density at radius 1 is 1.28 bits per heavy atom. The quantitative estimate of drug-likeness (QED) is 0.564. The van der Waals surface area contributed by atoms with E-state index in [1.54, 1.807) is 0 Å². The van der Waals surface area contributed by atoms with Crippen molar-refractivity contribution in [2.75, 3.05) is 7.11 Å². The fourth-order valence-corrected chi connectivity index (χ4v) is 2.77. The van der Waals surface area contributed by atoms with Crippen molar-refractivity contribution in [1.29, 1.82) is 0 Å². The number of ether oxygens (including phenoxy) is 3. The van der Waals surface area contributed by atoms with E-state index in [1.807, 2.05) is 0 Å². The molecule has 0 unspecified atom stereocenters. The zero-order valence-corrected chi connectivity index (χ0v) is 10.7. The lowest BCUT2D eigenvalue weighted by atomic mass is 9.94. The molecule has 0 aromatic rings. The molecule has 0 aromatic carbocycles. The third kappa shape index (κ3) is 2.90. The highest BCUT2D eigenvalue weighted by molar-refractivity contribution is 5.70. The highest BCUT2D eigenvalue weighted by Crippen LogP contribution is 2.41. The summed E-state index contributed by atoms with van der Waals surface area (Å²) in [5.74, 6) is -0.891. The van der Waals surface area contributed by atoms with Crippen molar-refractivity contribution >= 4 is 12.3 Å². The second-order valence-electron chi connectivity index (χ2n) is 4.97. The maximum Gasteiger partial charge on any atom is 0.308 e. The van der Waals surface area contributed by atoms with Crippen LogP contribution in [-0.2, 0) is 23.8 Å². The van der Waals surface area contributed by atoms with E-state index in [4.69, 9.17) is 9.47 Å². The molecule has 2 atom stereocenters. The molecule has 102 valence electrons. The van der Waals surface area contributed by atoms with Crippen molar-refractivity contribution in [1.82, 2.24) is 0 Å². The largest absolute Gasteiger partial charge is 0.469 e. The Balaban J connectivity index is 2.02. The van der Waals surface area contributed by atoms with Crippen LogP contribution in [0.4, 0.5) is 0 Å². The molecule has 1 saturated heterocycles. The molecule has 0 radical (unpaired) electrons. The topological polar surface area (TPSA) is 61.8 Å². The van der Waals surface area contributed by atoms with E-state index >= 15 is 0 Å². The van der Waals surface area contributed by atoms with E-state index in [0.717, 1.165) is 32.0 Å². The number of hydrogen-bond donors (Lipinski definition) is 0. The number of aldehydes is 1. The zero-order chi connectivity index (χ0) is 13.0. The molecule has 0 amide bonds. The molecule has 0 N–H and O–H groups in total. The van der Waals surface area contributed by atoms with Gasteiger partial charge >= 0.3 is 5.97 Å². The van der Waals surface area contributed by atoms with Crippen molar-refractivity contribution < 1.29 is 23.8 Å². The Morgan fingerprint density at radius 3 is 2.56 bits per heavy atom. The smallest absolute Gasteiger partial charge is 0.308 e. The SMILES string of the molecule is COC(=O)C[C@@H]1OC2(CCCCC2)O[C@@H]1CC=O. The summed E-state index contributed by atoms with van der Waals surface area (Å²) in [4.78, 5) is 22.0. The van der Waals surface area contributed by atoms with Gasteiger partial charge in [0.25, 0.3) is 0 Å². The zero-order valence-electron chi connectivity index (χ0n) is 10.7. The third-order valence-electron chi connectivity index (χ3n) is 3.69. The predicted molar refractivity (Wildman–Crippen MR) is 62.9 cm³/mol.